The molecule has 1 aliphatic heterocycles. The first-order chi connectivity index (χ1) is 9.20. The van der Waals surface area contributed by atoms with Gasteiger partial charge in [-0.25, -0.2) is 0 Å². The van der Waals surface area contributed by atoms with Gasteiger partial charge < -0.3 is 15.2 Å². The molecule has 1 aliphatic rings. The Hall–Kier alpha value is -0.620. The Morgan fingerprint density at radius 3 is 2.79 bits per heavy atom. The molecule has 0 radical (unpaired) electrons. The van der Waals surface area contributed by atoms with Gasteiger partial charge in [0.05, 0.1) is 12.7 Å². The third-order valence-electron chi connectivity index (χ3n) is 3.28. The molecule has 1 aromatic rings. The number of aliphatic hydroxyl groups is 1. The lowest BCUT2D eigenvalue weighted by molar-refractivity contribution is 0.105. The summed E-state index contributed by atoms with van der Waals surface area (Å²) in [6, 6.07) is 5.76. The van der Waals surface area contributed by atoms with Crippen molar-refractivity contribution in [3.8, 4) is 5.75 Å². The van der Waals surface area contributed by atoms with Crippen LogP contribution in [0.15, 0.2) is 22.7 Å². The van der Waals surface area contributed by atoms with Crippen molar-refractivity contribution in [2.45, 2.75) is 13.0 Å². The molecule has 106 valence electrons. The van der Waals surface area contributed by atoms with Gasteiger partial charge in [-0.15, -0.1) is 0 Å². The summed E-state index contributed by atoms with van der Waals surface area (Å²) in [5.74, 6) is 0.826. The Morgan fingerprint density at radius 1 is 1.42 bits per heavy atom. The monoisotopic (exact) mass is 328 g/mol. The average Bonchev–Trinajstić information content (AvgIpc) is 2.40. The van der Waals surface area contributed by atoms with Gasteiger partial charge >= 0.3 is 0 Å². The number of nitrogens with zero attached hydrogens (tertiary/aromatic N) is 1. The number of rotatable bonds is 5. The van der Waals surface area contributed by atoms with Crippen molar-refractivity contribution in [2.75, 3.05) is 39.3 Å². The van der Waals surface area contributed by atoms with Crippen molar-refractivity contribution in [2.24, 2.45) is 0 Å². The predicted octanol–water partition coefficient (Wildman–Crippen LogP) is 1.79. The molecule has 1 saturated heterocycles. The topological polar surface area (TPSA) is 44.7 Å². The fourth-order valence-corrected chi connectivity index (χ4v) is 2.89. The Kier molecular flexibility index (Phi) is 5.63. The van der Waals surface area contributed by atoms with Gasteiger partial charge in [-0.3, -0.25) is 4.90 Å². The molecule has 0 aliphatic carbocycles. The van der Waals surface area contributed by atoms with Gasteiger partial charge in [0, 0.05) is 37.2 Å². The minimum absolute atomic E-state index is 0.469. The van der Waals surface area contributed by atoms with Crippen LogP contribution in [0.3, 0.4) is 0 Å². The Morgan fingerprint density at radius 2 is 2.16 bits per heavy atom. The predicted molar refractivity (Wildman–Crippen MR) is 79.6 cm³/mol. The highest BCUT2D eigenvalue weighted by molar-refractivity contribution is 9.10. The molecule has 0 bridgehead atoms. The van der Waals surface area contributed by atoms with Gasteiger partial charge in [-0.2, -0.15) is 0 Å². The largest absolute Gasteiger partial charge is 0.494 e. The fraction of sp³-hybridized carbons (Fsp3) is 0.571. The van der Waals surface area contributed by atoms with Crippen LogP contribution in [0.25, 0.3) is 0 Å². The van der Waals surface area contributed by atoms with Crippen molar-refractivity contribution in [3.05, 3.63) is 28.2 Å². The number of hydrogen-bond acceptors (Lipinski definition) is 4. The van der Waals surface area contributed by atoms with E-state index in [9.17, 15) is 5.11 Å². The van der Waals surface area contributed by atoms with E-state index in [0.717, 1.165) is 42.0 Å². The molecule has 19 heavy (non-hydrogen) atoms. The van der Waals surface area contributed by atoms with Crippen molar-refractivity contribution in [1.82, 2.24) is 10.2 Å². The van der Waals surface area contributed by atoms with Crippen LogP contribution in [-0.4, -0.2) is 49.3 Å². The molecule has 0 amide bonds. The lowest BCUT2D eigenvalue weighted by atomic mass is 10.1. The van der Waals surface area contributed by atoms with Gasteiger partial charge in [0.25, 0.3) is 0 Å². The normalized spacial score (nSPS) is 18.3. The van der Waals surface area contributed by atoms with Crippen molar-refractivity contribution in [3.63, 3.8) is 0 Å². The Bertz CT molecular complexity index is 408. The zero-order valence-electron chi connectivity index (χ0n) is 11.2. The summed E-state index contributed by atoms with van der Waals surface area (Å²) in [7, 11) is 0. The molecule has 1 atom stereocenters. The van der Waals surface area contributed by atoms with Crippen LogP contribution >= 0.6 is 15.9 Å². The quantitative estimate of drug-likeness (QED) is 0.865. The van der Waals surface area contributed by atoms with Crippen LogP contribution in [0.5, 0.6) is 5.75 Å². The van der Waals surface area contributed by atoms with Gasteiger partial charge in [0.2, 0.25) is 0 Å². The first-order valence-electron chi connectivity index (χ1n) is 6.74. The minimum Gasteiger partial charge on any atom is -0.494 e. The van der Waals surface area contributed by atoms with Crippen LogP contribution in [0.4, 0.5) is 0 Å². The molecule has 1 aromatic carbocycles. The van der Waals surface area contributed by atoms with Crippen molar-refractivity contribution in [1.29, 1.82) is 0 Å². The number of piperazine rings is 1. The van der Waals surface area contributed by atoms with Crippen LogP contribution < -0.4 is 10.1 Å². The first-order valence-corrected chi connectivity index (χ1v) is 7.53. The van der Waals surface area contributed by atoms with E-state index in [1.807, 2.05) is 25.1 Å². The molecule has 0 spiro atoms. The van der Waals surface area contributed by atoms with Gasteiger partial charge in [-0.05, 0) is 24.6 Å². The second-order valence-corrected chi connectivity index (χ2v) is 5.54. The summed E-state index contributed by atoms with van der Waals surface area (Å²) in [5, 5.41) is 13.7. The van der Waals surface area contributed by atoms with Crippen LogP contribution in [-0.2, 0) is 0 Å². The highest BCUT2D eigenvalue weighted by Gasteiger charge is 2.17. The van der Waals surface area contributed by atoms with E-state index in [2.05, 4.69) is 26.1 Å². The number of nitrogens with one attached hydrogen (secondary N) is 1. The average molecular weight is 329 g/mol. The summed E-state index contributed by atoms with van der Waals surface area (Å²) in [5.41, 5.74) is 0.919. The summed E-state index contributed by atoms with van der Waals surface area (Å²) in [6.45, 7) is 7.26. The van der Waals surface area contributed by atoms with Gasteiger partial charge in [0.1, 0.15) is 5.75 Å². The maximum absolute atomic E-state index is 10.3. The van der Waals surface area contributed by atoms with Gasteiger partial charge in [-0.1, -0.05) is 22.0 Å². The minimum atomic E-state index is -0.469. The second-order valence-electron chi connectivity index (χ2n) is 4.68. The molecule has 2 N–H and O–H groups in total. The maximum atomic E-state index is 10.3. The molecule has 4 nitrogen and oxygen atoms in total. The van der Waals surface area contributed by atoms with E-state index in [-0.39, 0.29) is 0 Å². The number of benzene rings is 1. The number of aliphatic hydroxyl groups excluding tert-OH is 1. The smallest absolute Gasteiger partial charge is 0.120 e. The molecule has 1 unspecified atom stereocenters. The molecule has 2 rings (SSSR count). The lowest BCUT2D eigenvalue weighted by Gasteiger charge is -2.29. The van der Waals surface area contributed by atoms with E-state index < -0.39 is 6.10 Å². The Labute approximate surface area is 122 Å². The van der Waals surface area contributed by atoms with E-state index in [1.165, 1.54) is 0 Å². The zero-order chi connectivity index (χ0) is 13.7. The number of hydrogen-bond donors (Lipinski definition) is 2. The van der Waals surface area contributed by atoms with E-state index in [4.69, 9.17) is 4.74 Å². The SMILES string of the molecule is CCOc1ccc(C(O)CN2CCNCC2)c(Br)c1. The van der Waals surface area contributed by atoms with Crippen LogP contribution in [0.2, 0.25) is 0 Å². The first kappa shape index (κ1) is 14.8. The van der Waals surface area contributed by atoms with E-state index in [1.54, 1.807) is 0 Å². The van der Waals surface area contributed by atoms with Crippen LogP contribution in [0, 0.1) is 0 Å². The molecule has 1 heterocycles. The maximum Gasteiger partial charge on any atom is 0.120 e. The molecular formula is C14H21BrN2O2. The summed E-state index contributed by atoms with van der Waals surface area (Å²) >= 11 is 3.51. The number of β-amino-alcohol motifs (C(OH)–C–C–N with tert-alkyl or cyclic N) is 1. The highest BCUT2D eigenvalue weighted by atomic mass is 79.9. The number of halogens is 1. The molecular weight excluding hydrogens is 308 g/mol. The molecule has 5 heteroatoms. The molecule has 1 fully saturated rings. The Balaban J connectivity index is 1.99. The zero-order valence-corrected chi connectivity index (χ0v) is 12.8. The number of ether oxygens (including phenoxy) is 1. The van der Waals surface area contributed by atoms with Crippen LogP contribution in [0.1, 0.15) is 18.6 Å². The molecule has 0 aromatic heterocycles. The highest BCUT2D eigenvalue weighted by Crippen LogP contribution is 2.28. The molecule has 0 saturated carbocycles. The third kappa shape index (κ3) is 4.18. The standard InChI is InChI=1S/C14H21BrN2O2/c1-2-19-11-3-4-12(13(15)9-11)14(18)10-17-7-5-16-6-8-17/h3-4,9,14,16,18H,2,5-8,10H2,1H3. The van der Waals surface area contributed by atoms with Crippen molar-refractivity contribution >= 4 is 15.9 Å². The van der Waals surface area contributed by atoms with Crippen molar-refractivity contribution < 1.29 is 9.84 Å². The fourth-order valence-electron chi connectivity index (χ4n) is 2.27. The van der Waals surface area contributed by atoms with E-state index in [0.29, 0.717) is 13.2 Å². The summed E-state index contributed by atoms with van der Waals surface area (Å²) in [6.07, 6.45) is -0.469. The summed E-state index contributed by atoms with van der Waals surface area (Å²) in [4.78, 5) is 2.28. The summed E-state index contributed by atoms with van der Waals surface area (Å²) < 4.78 is 6.34. The lowest BCUT2D eigenvalue weighted by Crippen LogP contribution is -2.45. The third-order valence-corrected chi connectivity index (χ3v) is 3.97. The van der Waals surface area contributed by atoms with Gasteiger partial charge in [0.15, 0.2) is 0 Å². The van der Waals surface area contributed by atoms with E-state index >= 15 is 0 Å². The second kappa shape index (κ2) is 7.24.